The lowest BCUT2D eigenvalue weighted by atomic mass is 9.67. The van der Waals surface area contributed by atoms with E-state index in [0.717, 1.165) is 19.4 Å². The number of rotatable bonds is 11. The summed E-state index contributed by atoms with van der Waals surface area (Å²) < 4.78 is 14.0. The van der Waals surface area contributed by atoms with E-state index in [1.807, 2.05) is 51.4 Å². The van der Waals surface area contributed by atoms with Gasteiger partial charge in [-0.05, 0) is 62.7 Å². The maximum Gasteiger partial charge on any atom is 0.331 e. The Hall–Kier alpha value is -2.97. The van der Waals surface area contributed by atoms with Gasteiger partial charge in [0.15, 0.2) is 5.54 Å². The summed E-state index contributed by atoms with van der Waals surface area (Å²) in [6, 6.07) is 15.0. The molecule has 1 aliphatic rings. The van der Waals surface area contributed by atoms with Crippen molar-refractivity contribution >= 4 is 17.6 Å². The molecule has 8 heteroatoms. The maximum atomic E-state index is 14.3. The molecule has 1 aliphatic heterocycles. The number of carbonyl (C=O) groups is 2. The lowest BCUT2D eigenvalue weighted by molar-refractivity contribution is -0.145. The van der Waals surface area contributed by atoms with Crippen molar-refractivity contribution in [3.8, 4) is 0 Å². The average Bonchev–Trinajstić information content (AvgIpc) is 3.12. The van der Waals surface area contributed by atoms with Crippen LogP contribution < -0.4 is 15.8 Å². The molecule has 0 saturated carbocycles. The number of nitrogens with one attached hydrogen (secondary N) is 2. The van der Waals surface area contributed by atoms with Crippen molar-refractivity contribution in [1.82, 2.24) is 15.6 Å². The molecule has 1 saturated heterocycles. The van der Waals surface area contributed by atoms with Crippen LogP contribution >= 0.6 is 0 Å². The summed E-state index contributed by atoms with van der Waals surface area (Å²) >= 11 is 0. The molecule has 1 heterocycles. The third-order valence-corrected chi connectivity index (χ3v) is 7.38. The molecular weight excluding hydrogens is 471 g/mol. The Balaban J connectivity index is 2.20. The van der Waals surface area contributed by atoms with Gasteiger partial charge in [0.25, 0.3) is 0 Å². The molecule has 3 N–H and O–H groups in total. The summed E-state index contributed by atoms with van der Waals surface area (Å²) in [4.78, 5) is 29.4. The average molecular weight is 513 g/mol. The predicted octanol–water partition coefficient (Wildman–Crippen LogP) is 4.40. The number of amides is 1. The number of carboxylic acids is 1. The molecule has 3 atom stereocenters. The summed E-state index contributed by atoms with van der Waals surface area (Å²) in [5, 5.41) is 15.4. The second-order valence-electron chi connectivity index (χ2n) is 11.3. The van der Waals surface area contributed by atoms with E-state index in [1.54, 1.807) is 24.1 Å². The van der Waals surface area contributed by atoms with Gasteiger partial charge in [0.1, 0.15) is 11.4 Å². The Labute approximate surface area is 220 Å². The highest BCUT2D eigenvalue weighted by Gasteiger charge is 2.66. The number of anilines is 1. The normalized spacial score (nSPS) is 23.9. The van der Waals surface area contributed by atoms with Gasteiger partial charge in [-0.1, -0.05) is 63.9 Å². The molecule has 1 amide bonds. The van der Waals surface area contributed by atoms with E-state index in [0.29, 0.717) is 24.2 Å². The van der Waals surface area contributed by atoms with E-state index < -0.39 is 28.8 Å². The van der Waals surface area contributed by atoms with Gasteiger partial charge in [-0.3, -0.25) is 9.80 Å². The first-order valence-electron chi connectivity index (χ1n) is 12.9. The number of nitrogens with zero attached hydrogens (tertiary/aromatic N) is 2. The quantitative estimate of drug-likeness (QED) is 0.414. The van der Waals surface area contributed by atoms with Gasteiger partial charge < -0.3 is 15.3 Å². The Kier molecular flexibility index (Phi) is 8.65. The van der Waals surface area contributed by atoms with E-state index >= 15 is 0 Å². The van der Waals surface area contributed by atoms with Crippen molar-refractivity contribution in [2.45, 2.75) is 58.0 Å². The Morgan fingerprint density at radius 1 is 1.14 bits per heavy atom. The fraction of sp³-hybridized carbons (Fsp3) is 0.517. The molecule has 0 spiro atoms. The lowest BCUT2D eigenvalue weighted by Crippen LogP contribution is -2.58. The molecule has 0 radical (unpaired) electrons. The summed E-state index contributed by atoms with van der Waals surface area (Å²) in [6.45, 7) is 9.01. The van der Waals surface area contributed by atoms with Crippen molar-refractivity contribution < 1.29 is 19.1 Å². The number of hydrogen-bond acceptors (Lipinski definition) is 5. The maximum absolute atomic E-state index is 14.3. The van der Waals surface area contributed by atoms with Crippen molar-refractivity contribution in [3.63, 3.8) is 0 Å². The molecule has 2 aromatic rings. The highest BCUT2D eigenvalue weighted by atomic mass is 19.1. The number of aliphatic carboxylic acids is 1. The molecule has 0 aromatic heterocycles. The molecular formula is C29H41FN4O3. The molecule has 7 nitrogen and oxygen atoms in total. The first kappa shape index (κ1) is 28.6. The van der Waals surface area contributed by atoms with Crippen molar-refractivity contribution in [2.75, 3.05) is 32.2 Å². The van der Waals surface area contributed by atoms with E-state index in [2.05, 4.69) is 29.5 Å². The van der Waals surface area contributed by atoms with Gasteiger partial charge in [0, 0.05) is 19.0 Å². The van der Waals surface area contributed by atoms with Gasteiger partial charge in [0.2, 0.25) is 5.91 Å². The minimum atomic E-state index is -1.46. The number of benzene rings is 2. The van der Waals surface area contributed by atoms with Crippen LogP contribution in [0.25, 0.3) is 0 Å². The van der Waals surface area contributed by atoms with Crippen LogP contribution in [0, 0.1) is 17.2 Å². The zero-order chi connectivity index (χ0) is 27.4. The minimum absolute atomic E-state index is 0.226. The number of unbranched alkanes of at least 4 members (excludes halogenated alkanes) is 1. The highest BCUT2D eigenvalue weighted by Crippen LogP contribution is 2.50. The standard InChI is InChI=1S/C29H41FN4O3/c1-7-8-14-24-28(4,26(36)37)34(23-12-10-9-11-13-23)32-29(24,21-15-17-22(30)18-16-21)25(35)31-19-27(2,3)20-33(5)6/h9-13,15-18,24,32H,7-8,14,19-20H2,1-6H3,(H,31,35)(H,36,37). The lowest BCUT2D eigenvalue weighted by Gasteiger charge is -2.38. The van der Waals surface area contributed by atoms with Crippen LogP contribution in [0.15, 0.2) is 54.6 Å². The first-order valence-corrected chi connectivity index (χ1v) is 12.9. The number of hydrogen-bond donors (Lipinski definition) is 3. The number of halogens is 1. The molecule has 0 aliphatic carbocycles. The van der Waals surface area contributed by atoms with Gasteiger partial charge in [-0.15, -0.1) is 0 Å². The fourth-order valence-electron chi connectivity index (χ4n) is 5.70. The summed E-state index contributed by atoms with van der Waals surface area (Å²) in [5.41, 5.74) is 1.43. The molecule has 37 heavy (non-hydrogen) atoms. The number of carbonyl (C=O) groups excluding carboxylic acids is 1. The SMILES string of the molecule is CCCCC1C(C(=O)NCC(C)(C)CN(C)C)(c2ccc(F)cc2)NN(c2ccccc2)C1(C)C(=O)O. The van der Waals surface area contributed by atoms with Crippen LogP contribution in [0.2, 0.25) is 0 Å². The largest absolute Gasteiger partial charge is 0.479 e. The Bertz CT molecular complexity index is 1080. The van der Waals surface area contributed by atoms with Crippen molar-refractivity contribution in [2.24, 2.45) is 11.3 Å². The van der Waals surface area contributed by atoms with E-state index in [4.69, 9.17) is 0 Å². The fourth-order valence-corrected chi connectivity index (χ4v) is 5.70. The van der Waals surface area contributed by atoms with Gasteiger partial charge in [-0.2, -0.15) is 0 Å². The van der Waals surface area contributed by atoms with Crippen molar-refractivity contribution in [1.29, 1.82) is 0 Å². The van der Waals surface area contributed by atoms with Crippen LogP contribution in [0.1, 0.15) is 52.5 Å². The smallest absolute Gasteiger partial charge is 0.331 e. The third-order valence-electron chi connectivity index (χ3n) is 7.38. The van der Waals surface area contributed by atoms with E-state index in [-0.39, 0.29) is 11.3 Å². The van der Waals surface area contributed by atoms with Crippen LogP contribution in [0.4, 0.5) is 10.1 Å². The van der Waals surface area contributed by atoms with E-state index in [1.165, 1.54) is 12.1 Å². The predicted molar refractivity (Wildman–Crippen MR) is 145 cm³/mol. The summed E-state index contributed by atoms with van der Waals surface area (Å²) in [5.74, 6) is -2.43. The minimum Gasteiger partial charge on any atom is -0.479 e. The third kappa shape index (κ3) is 5.65. The zero-order valence-electron chi connectivity index (χ0n) is 22.8. The molecule has 202 valence electrons. The molecule has 1 fully saturated rings. The Morgan fingerprint density at radius 3 is 2.30 bits per heavy atom. The number of carboxylic acid groups (broad SMARTS) is 1. The summed E-state index contributed by atoms with van der Waals surface area (Å²) in [7, 11) is 3.97. The van der Waals surface area contributed by atoms with Crippen LogP contribution in [-0.4, -0.2) is 54.6 Å². The van der Waals surface area contributed by atoms with Gasteiger partial charge in [0.05, 0.1) is 5.69 Å². The van der Waals surface area contributed by atoms with Crippen LogP contribution in [0.3, 0.4) is 0 Å². The zero-order valence-corrected chi connectivity index (χ0v) is 22.8. The second-order valence-corrected chi connectivity index (χ2v) is 11.3. The van der Waals surface area contributed by atoms with E-state index in [9.17, 15) is 19.1 Å². The summed E-state index contributed by atoms with van der Waals surface area (Å²) in [6.07, 6.45) is 2.07. The number of hydrazine groups is 1. The molecule has 3 unspecified atom stereocenters. The van der Waals surface area contributed by atoms with Gasteiger partial charge >= 0.3 is 5.97 Å². The first-order chi connectivity index (χ1) is 17.4. The topological polar surface area (TPSA) is 84.9 Å². The van der Waals surface area contributed by atoms with Gasteiger partial charge in [-0.25, -0.2) is 14.6 Å². The van der Waals surface area contributed by atoms with Crippen LogP contribution in [-0.2, 0) is 15.1 Å². The van der Waals surface area contributed by atoms with Crippen molar-refractivity contribution in [3.05, 3.63) is 66.0 Å². The molecule has 3 rings (SSSR count). The highest BCUT2D eigenvalue weighted by molar-refractivity contribution is 5.94. The molecule has 0 bridgehead atoms. The molecule has 2 aromatic carbocycles. The monoisotopic (exact) mass is 512 g/mol. The van der Waals surface area contributed by atoms with Crippen LogP contribution in [0.5, 0.6) is 0 Å². The second kappa shape index (κ2) is 11.2. The number of para-hydroxylation sites is 1. The Morgan fingerprint density at radius 2 is 1.76 bits per heavy atom.